The Hall–Kier alpha value is -1.42. The first-order valence-electron chi connectivity index (χ1n) is 6.39. The van der Waals surface area contributed by atoms with Gasteiger partial charge in [0, 0.05) is 18.3 Å². The number of nitrogens with two attached hydrogens (primary N) is 1. The highest BCUT2D eigenvalue weighted by Crippen LogP contribution is 2.27. The van der Waals surface area contributed by atoms with E-state index in [2.05, 4.69) is 19.2 Å². The molecule has 1 amide bonds. The molecule has 0 aliphatic rings. The Bertz CT molecular complexity index is 435. The lowest BCUT2D eigenvalue weighted by molar-refractivity contribution is -0.127. The Kier molecular flexibility index (Phi) is 5.96. The van der Waals surface area contributed by atoms with Crippen molar-refractivity contribution in [3.05, 3.63) is 23.2 Å². The maximum atomic E-state index is 11.8. The monoisotopic (exact) mass is 284 g/mol. The van der Waals surface area contributed by atoms with Crippen LogP contribution in [0.5, 0.6) is 5.75 Å². The molecule has 0 fully saturated rings. The Labute approximate surface area is 119 Å². The molecular weight excluding hydrogens is 264 g/mol. The van der Waals surface area contributed by atoms with Crippen molar-refractivity contribution in [2.45, 2.75) is 33.3 Å². The summed E-state index contributed by atoms with van der Waals surface area (Å²) in [4.78, 5) is 11.8. The van der Waals surface area contributed by atoms with Crippen molar-refractivity contribution in [1.29, 1.82) is 0 Å². The minimum absolute atomic E-state index is 0.154. The van der Waals surface area contributed by atoms with Crippen molar-refractivity contribution in [2.75, 3.05) is 12.3 Å². The number of benzene rings is 1. The van der Waals surface area contributed by atoms with E-state index in [9.17, 15) is 4.79 Å². The molecule has 1 atom stereocenters. The van der Waals surface area contributed by atoms with Gasteiger partial charge in [-0.2, -0.15) is 0 Å². The predicted molar refractivity (Wildman–Crippen MR) is 78.4 cm³/mol. The standard InChI is InChI=1S/C14H21ClN2O2/c1-9(2)6-7-17-14(18)10(3)19-13-8-11(16)4-5-12(13)15/h4-5,8-10H,6-7,16H2,1-3H3,(H,17,18). The van der Waals surface area contributed by atoms with Gasteiger partial charge in [0.2, 0.25) is 0 Å². The molecule has 4 nitrogen and oxygen atoms in total. The average molecular weight is 285 g/mol. The van der Waals surface area contributed by atoms with Crippen LogP contribution < -0.4 is 15.8 Å². The smallest absolute Gasteiger partial charge is 0.260 e. The van der Waals surface area contributed by atoms with E-state index < -0.39 is 6.10 Å². The van der Waals surface area contributed by atoms with E-state index in [1.165, 1.54) is 0 Å². The second kappa shape index (κ2) is 7.24. The SMILES string of the molecule is CC(C)CCNC(=O)C(C)Oc1cc(N)ccc1Cl. The predicted octanol–water partition coefficient (Wildman–Crippen LogP) is 2.85. The third-order valence-corrected chi connectivity index (χ3v) is 2.96. The van der Waals surface area contributed by atoms with Crippen molar-refractivity contribution < 1.29 is 9.53 Å². The third-order valence-electron chi connectivity index (χ3n) is 2.65. The Morgan fingerprint density at radius 3 is 2.74 bits per heavy atom. The molecule has 0 bridgehead atoms. The van der Waals surface area contributed by atoms with Crippen LogP contribution in [-0.4, -0.2) is 18.6 Å². The van der Waals surface area contributed by atoms with Crippen LogP contribution in [0.4, 0.5) is 5.69 Å². The summed E-state index contributed by atoms with van der Waals surface area (Å²) in [5.41, 5.74) is 6.20. The molecule has 0 saturated carbocycles. The second-order valence-electron chi connectivity index (χ2n) is 4.92. The Morgan fingerprint density at radius 2 is 2.11 bits per heavy atom. The fraction of sp³-hybridized carbons (Fsp3) is 0.500. The van der Waals surface area contributed by atoms with Crippen molar-refractivity contribution >= 4 is 23.2 Å². The molecule has 106 valence electrons. The van der Waals surface area contributed by atoms with Gasteiger partial charge in [0.1, 0.15) is 5.75 Å². The van der Waals surface area contributed by atoms with Gasteiger partial charge in [-0.1, -0.05) is 25.4 Å². The van der Waals surface area contributed by atoms with Crippen LogP contribution in [0.3, 0.4) is 0 Å². The van der Waals surface area contributed by atoms with Crippen LogP contribution in [0, 0.1) is 5.92 Å². The number of hydrogen-bond acceptors (Lipinski definition) is 3. The number of ether oxygens (including phenoxy) is 1. The van der Waals surface area contributed by atoms with Crippen molar-refractivity contribution in [3.63, 3.8) is 0 Å². The molecular formula is C14H21ClN2O2. The topological polar surface area (TPSA) is 64.3 Å². The number of amides is 1. The van der Waals surface area contributed by atoms with E-state index in [0.717, 1.165) is 6.42 Å². The second-order valence-corrected chi connectivity index (χ2v) is 5.33. The van der Waals surface area contributed by atoms with E-state index >= 15 is 0 Å². The van der Waals surface area contributed by atoms with Crippen molar-refractivity contribution in [1.82, 2.24) is 5.32 Å². The van der Waals surface area contributed by atoms with Crippen molar-refractivity contribution in [2.24, 2.45) is 5.92 Å². The molecule has 0 spiro atoms. The summed E-state index contributed by atoms with van der Waals surface area (Å²) >= 11 is 5.98. The van der Waals surface area contributed by atoms with E-state index in [0.29, 0.717) is 28.9 Å². The third kappa shape index (κ3) is 5.39. The zero-order valence-corrected chi connectivity index (χ0v) is 12.3. The van der Waals surface area contributed by atoms with Gasteiger partial charge >= 0.3 is 0 Å². The van der Waals surface area contributed by atoms with Crippen molar-refractivity contribution in [3.8, 4) is 5.75 Å². The summed E-state index contributed by atoms with van der Waals surface area (Å²) in [6.07, 6.45) is 0.337. The molecule has 0 aromatic heterocycles. The first-order valence-corrected chi connectivity index (χ1v) is 6.77. The Balaban J connectivity index is 2.51. The summed E-state index contributed by atoms with van der Waals surface area (Å²) in [5, 5.41) is 3.27. The number of nitrogen functional groups attached to an aromatic ring is 1. The molecule has 0 aliphatic heterocycles. The normalized spacial score (nSPS) is 12.3. The largest absolute Gasteiger partial charge is 0.479 e. The lowest BCUT2D eigenvalue weighted by atomic mass is 10.1. The molecule has 0 saturated heterocycles. The first kappa shape index (κ1) is 15.6. The highest BCUT2D eigenvalue weighted by molar-refractivity contribution is 6.32. The van der Waals surface area contributed by atoms with Gasteiger partial charge in [0.05, 0.1) is 5.02 Å². The lowest BCUT2D eigenvalue weighted by Gasteiger charge is -2.16. The Morgan fingerprint density at radius 1 is 1.42 bits per heavy atom. The number of carbonyl (C=O) groups excluding carboxylic acids is 1. The number of carbonyl (C=O) groups is 1. The number of anilines is 1. The summed E-state index contributed by atoms with van der Waals surface area (Å²) in [6.45, 7) is 6.55. The molecule has 0 heterocycles. The fourth-order valence-electron chi connectivity index (χ4n) is 1.48. The summed E-state index contributed by atoms with van der Waals surface area (Å²) in [6, 6.07) is 4.94. The van der Waals surface area contributed by atoms with Crippen LogP contribution in [0.15, 0.2) is 18.2 Å². The van der Waals surface area contributed by atoms with E-state index in [1.807, 2.05) is 0 Å². The molecule has 1 aromatic carbocycles. The zero-order chi connectivity index (χ0) is 14.4. The fourth-order valence-corrected chi connectivity index (χ4v) is 1.64. The molecule has 1 aromatic rings. The van der Waals surface area contributed by atoms with Crippen LogP contribution in [0.25, 0.3) is 0 Å². The van der Waals surface area contributed by atoms with Gasteiger partial charge in [-0.05, 0) is 31.4 Å². The molecule has 0 aliphatic carbocycles. The maximum Gasteiger partial charge on any atom is 0.260 e. The highest BCUT2D eigenvalue weighted by atomic mass is 35.5. The molecule has 19 heavy (non-hydrogen) atoms. The molecule has 3 N–H and O–H groups in total. The van der Waals surface area contributed by atoms with Crippen LogP contribution >= 0.6 is 11.6 Å². The first-order chi connectivity index (χ1) is 8.90. The number of nitrogens with one attached hydrogen (secondary N) is 1. The molecule has 1 rings (SSSR count). The van der Waals surface area contributed by atoms with Crippen LogP contribution in [0.1, 0.15) is 27.2 Å². The molecule has 0 radical (unpaired) electrons. The molecule has 1 unspecified atom stereocenters. The number of halogens is 1. The lowest BCUT2D eigenvalue weighted by Crippen LogP contribution is -2.37. The van der Waals surface area contributed by atoms with E-state index in [4.69, 9.17) is 22.1 Å². The van der Waals surface area contributed by atoms with Gasteiger partial charge in [0.25, 0.3) is 5.91 Å². The van der Waals surface area contributed by atoms with E-state index in [-0.39, 0.29) is 5.91 Å². The van der Waals surface area contributed by atoms with Crippen LogP contribution in [0.2, 0.25) is 5.02 Å². The van der Waals surface area contributed by atoms with Gasteiger partial charge in [0.15, 0.2) is 6.10 Å². The number of rotatable bonds is 6. The van der Waals surface area contributed by atoms with Gasteiger partial charge in [-0.3, -0.25) is 4.79 Å². The minimum atomic E-state index is -0.605. The quantitative estimate of drug-likeness (QED) is 0.790. The zero-order valence-electron chi connectivity index (χ0n) is 11.6. The maximum absolute atomic E-state index is 11.8. The van der Waals surface area contributed by atoms with Crippen LogP contribution in [-0.2, 0) is 4.79 Å². The van der Waals surface area contributed by atoms with Gasteiger partial charge in [-0.25, -0.2) is 0 Å². The summed E-state index contributed by atoms with van der Waals surface area (Å²) in [7, 11) is 0. The van der Waals surface area contributed by atoms with Gasteiger partial charge in [-0.15, -0.1) is 0 Å². The average Bonchev–Trinajstić information content (AvgIpc) is 2.33. The number of hydrogen-bond donors (Lipinski definition) is 2. The van der Waals surface area contributed by atoms with E-state index in [1.54, 1.807) is 25.1 Å². The molecule has 5 heteroatoms. The minimum Gasteiger partial charge on any atom is -0.479 e. The van der Waals surface area contributed by atoms with Gasteiger partial charge < -0.3 is 15.8 Å². The summed E-state index contributed by atoms with van der Waals surface area (Å²) < 4.78 is 5.52. The highest BCUT2D eigenvalue weighted by Gasteiger charge is 2.15. The summed E-state index contributed by atoms with van der Waals surface area (Å²) in [5.74, 6) is 0.826.